The van der Waals surface area contributed by atoms with Crippen molar-refractivity contribution in [2.24, 2.45) is 0 Å². The lowest BCUT2D eigenvalue weighted by Crippen LogP contribution is -2.45. The highest BCUT2D eigenvalue weighted by molar-refractivity contribution is 9.10. The van der Waals surface area contributed by atoms with Crippen LogP contribution in [0, 0.1) is 0 Å². The van der Waals surface area contributed by atoms with Crippen LogP contribution in [0.5, 0.6) is 0 Å². The highest BCUT2D eigenvalue weighted by Crippen LogP contribution is 2.56. The normalized spacial score (nSPS) is 36.1. The molecule has 1 heterocycles. The summed E-state index contributed by atoms with van der Waals surface area (Å²) in [6, 6.07) is 8.64. The van der Waals surface area contributed by atoms with Gasteiger partial charge in [-0.05, 0) is 37.0 Å². The fourth-order valence-electron chi connectivity index (χ4n) is 3.60. The third kappa shape index (κ3) is 1.52. The fraction of sp³-hybridized carbons (Fsp3) is 0.571. The molecule has 3 rings (SSSR count). The maximum absolute atomic E-state index is 5.97. The Morgan fingerprint density at radius 2 is 1.94 bits per heavy atom. The van der Waals surface area contributed by atoms with Gasteiger partial charge in [0.1, 0.15) is 0 Å². The van der Waals surface area contributed by atoms with Gasteiger partial charge in [0.15, 0.2) is 5.79 Å². The molecular formula is C14H17BrO2. The Labute approximate surface area is 110 Å². The number of halogens is 1. The molecule has 0 spiro atoms. The van der Waals surface area contributed by atoms with Crippen molar-refractivity contribution in [1.82, 2.24) is 0 Å². The Morgan fingerprint density at radius 3 is 2.65 bits per heavy atom. The highest BCUT2D eigenvalue weighted by Gasteiger charge is 2.60. The van der Waals surface area contributed by atoms with Gasteiger partial charge in [-0.3, -0.25) is 0 Å². The molecule has 17 heavy (non-hydrogen) atoms. The SMILES string of the molecule is COC12CCCC1(c1ccc(Br)cc1)CCO2. The first kappa shape index (κ1) is 11.7. The third-order valence-electron chi connectivity index (χ3n) is 4.43. The lowest BCUT2D eigenvalue weighted by atomic mass is 9.74. The summed E-state index contributed by atoms with van der Waals surface area (Å²) in [5.74, 6) is -0.374. The van der Waals surface area contributed by atoms with E-state index in [0.717, 1.165) is 23.9 Å². The van der Waals surface area contributed by atoms with Gasteiger partial charge in [-0.25, -0.2) is 0 Å². The summed E-state index contributed by atoms with van der Waals surface area (Å²) in [6.07, 6.45) is 4.44. The van der Waals surface area contributed by atoms with E-state index in [-0.39, 0.29) is 11.2 Å². The summed E-state index contributed by atoms with van der Waals surface area (Å²) in [5, 5.41) is 0. The van der Waals surface area contributed by atoms with Crippen LogP contribution < -0.4 is 0 Å². The van der Waals surface area contributed by atoms with Crippen molar-refractivity contribution in [3.05, 3.63) is 34.3 Å². The molecule has 2 aliphatic rings. The average Bonchev–Trinajstić information content (AvgIpc) is 2.85. The number of fused-ring (bicyclic) bond motifs is 1. The van der Waals surface area contributed by atoms with Crippen molar-refractivity contribution in [2.75, 3.05) is 13.7 Å². The Hall–Kier alpha value is -0.380. The monoisotopic (exact) mass is 296 g/mol. The van der Waals surface area contributed by atoms with E-state index in [2.05, 4.69) is 40.2 Å². The molecule has 0 radical (unpaired) electrons. The van der Waals surface area contributed by atoms with Crippen molar-refractivity contribution in [1.29, 1.82) is 0 Å². The average molecular weight is 297 g/mol. The first-order valence-electron chi connectivity index (χ1n) is 6.18. The highest BCUT2D eigenvalue weighted by atomic mass is 79.9. The topological polar surface area (TPSA) is 18.5 Å². The van der Waals surface area contributed by atoms with Gasteiger partial charge in [-0.15, -0.1) is 0 Å². The van der Waals surface area contributed by atoms with Crippen LogP contribution in [0.15, 0.2) is 28.7 Å². The second kappa shape index (κ2) is 4.08. The van der Waals surface area contributed by atoms with Crippen LogP contribution in [0.2, 0.25) is 0 Å². The Morgan fingerprint density at radius 1 is 1.18 bits per heavy atom. The standard InChI is InChI=1S/C14H17BrO2/c1-16-14-8-2-7-13(14,9-10-17-14)11-3-5-12(15)6-4-11/h3-6H,2,7-10H2,1H3. The number of hydrogen-bond acceptors (Lipinski definition) is 2. The van der Waals surface area contributed by atoms with E-state index in [9.17, 15) is 0 Å². The van der Waals surface area contributed by atoms with Gasteiger partial charge in [-0.1, -0.05) is 28.1 Å². The summed E-state index contributed by atoms with van der Waals surface area (Å²) in [7, 11) is 1.78. The molecule has 92 valence electrons. The van der Waals surface area contributed by atoms with Gasteiger partial charge in [0.25, 0.3) is 0 Å². The lowest BCUT2D eigenvalue weighted by molar-refractivity contribution is -0.213. The second-order valence-electron chi connectivity index (χ2n) is 5.00. The molecule has 1 aromatic carbocycles. The molecule has 1 aromatic rings. The predicted octanol–water partition coefficient (Wildman–Crippen LogP) is 3.63. The van der Waals surface area contributed by atoms with E-state index in [4.69, 9.17) is 9.47 Å². The Balaban J connectivity index is 2.07. The number of hydrogen-bond donors (Lipinski definition) is 0. The van der Waals surface area contributed by atoms with Crippen LogP contribution in [0.25, 0.3) is 0 Å². The fourth-order valence-corrected chi connectivity index (χ4v) is 3.87. The molecule has 0 N–H and O–H groups in total. The minimum Gasteiger partial charge on any atom is -0.352 e. The van der Waals surface area contributed by atoms with Crippen LogP contribution in [0.3, 0.4) is 0 Å². The Bertz CT molecular complexity index is 403. The molecule has 1 aliphatic heterocycles. The maximum Gasteiger partial charge on any atom is 0.177 e. The van der Waals surface area contributed by atoms with E-state index in [0.29, 0.717) is 0 Å². The molecule has 0 amide bonds. The predicted molar refractivity (Wildman–Crippen MR) is 70.0 cm³/mol. The third-order valence-corrected chi connectivity index (χ3v) is 4.96. The first-order chi connectivity index (χ1) is 8.22. The van der Waals surface area contributed by atoms with E-state index in [1.807, 2.05) is 0 Å². The Kier molecular flexibility index (Phi) is 2.80. The summed E-state index contributed by atoms with van der Waals surface area (Å²) in [5.41, 5.74) is 1.43. The van der Waals surface area contributed by atoms with E-state index in [1.165, 1.54) is 18.4 Å². The van der Waals surface area contributed by atoms with Crippen LogP contribution in [0.1, 0.15) is 31.2 Å². The molecule has 1 aliphatic carbocycles. The largest absolute Gasteiger partial charge is 0.352 e. The molecule has 3 heteroatoms. The number of benzene rings is 1. The quantitative estimate of drug-likeness (QED) is 0.830. The zero-order chi connectivity index (χ0) is 11.9. The van der Waals surface area contributed by atoms with E-state index in [1.54, 1.807) is 7.11 Å². The van der Waals surface area contributed by atoms with Crippen molar-refractivity contribution in [3.8, 4) is 0 Å². The van der Waals surface area contributed by atoms with E-state index < -0.39 is 0 Å². The minimum absolute atomic E-state index is 0.0719. The molecule has 2 unspecified atom stereocenters. The van der Waals surface area contributed by atoms with Crippen LogP contribution in [-0.2, 0) is 14.9 Å². The van der Waals surface area contributed by atoms with E-state index >= 15 is 0 Å². The van der Waals surface area contributed by atoms with Gasteiger partial charge in [0, 0.05) is 18.0 Å². The molecule has 0 bridgehead atoms. The summed E-state index contributed by atoms with van der Waals surface area (Å²) < 4.78 is 12.9. The zero-order valence-electron chi connectivity index (χ0n) is 10.0. The van der Waals surface area contributed by atoms with Crippen molar-refractivity contribution < 1.29 is 9.47 Å². The van der Waals surface area contributed by atoms with Gasteiger partial charge in [0.2, 0.25) is 0 Å². The first-order valence-corrected chi connectivity index (χ1v) is 6.97. The maximum atomic E-state index is 5.97. The number of methoxy groups -OCH3 is 1. The molecule has 2 atom stereocenters. The molecule has 1 saturated carbocycles. The van der Waals surface area contributed by atoms with Gasteiger partial charge in [0.05, 0.1) is 12.0 Å². The van der Waals surface area contributed by atoms with Crippen LogP contribution in [-0.4, -0.2) is 19.5 Å². The van der Waals surface area contributed by atoms with Crippen LogP contribution in [0.4, 0.5) is 0 Å². The molecule has 2 nitrogen and oxygen atoms in total. The molecular weight excluding hydrogens is 280 g/mol. The molecule has 0 aromatic heterocycles. The minimum atomic E-state index is -0.374. The van der Waals surface area contributed by atoms with Crippen molar-refractivity contribution in [2.45, 2.75) is 36.9 Å². The number of ether oxygens (including phenoxy) is 2. The smallest absolute Gasteiger partial charge is 0.177 e. The van der Waals surface area contributed by atoms with Gasteiger partial charge < -0.3 is 9.47 Å². The van der Waals surface area contributed by atoms with Gasteiger partial charge in [-0.2, -0.15) is 0 Å². The van der Waals surface area contributed by atoms with Crippen LogP contribution >= 0.6 is 15.9 Å². The molecule has 1 saturated heterocycles. The number of rotatable bonds is 2. The second-order valence-corrected chi connectivity index (χ2v) is 5.91. The summed E-state index contributed by atoms with van der Waals surface area (Å²) >= 11 is 3.49. The summed E-state index contributed by atoms with van der Waals surface area (Å²) in [4.78, 5) is 0. The zero-order valence-corrected chi connectivity index (χ0v) is 11.6. The van der Waals surface area contributed by atoms with Gasteiger partial charge >= 0.3 is 0 Å². The molecule has 2 fully saturated rings. The summed E-state index contributed by atoms with van der Waals surface area (Å²) in [6.45, 7) is 0.809. The van der Waals surface area contributed by atoms with Crippen molar-refractivity contribution in [3.63, 3.8) is 0 Å². The van der Waals surface area contributed by atoms with Crippen molar-refractivity contribution >= 4 is 15.9 Å². The lowest BCUT2D eigenvalue weighted by Gasteiger charge is -2.38.